The highest BCUT2D eigenvalue weighted by atomic mass is 16.3. The fraction of sp³-hybridized carbons (Fsp3) is 0.600. The Morgan fingerprint density at radius 3 is 2.74 bits per heavy atom. The summed E-state index contributed by atoms with van der Waals surface area (Å²) in [5.74, 6) is 0. The third kappa shape index (κ3) is 3.26. The summed E-state index contributed by atoms with van der Waals surface area (Å²) < 4.78 is 0. The Kier molecular flexibility index (Phi) is 4.45. The minimum atomic E-state index is -0.223. The zero-order chi connectivity index (χ0) is 14.0. The van der Waals surface area contributed by atoms with Crippen LogP contribution in [0.3, 0.4) is 0 Å². The van der Waals surface area contributed by atoms with Crippen LogP contribution in [0.5, 0.6) is 0 Å². The molecular formula is C15H25N3O. The quantitative estimate of drug-likeness (QED) is 0.849. The van der Waals surface area contributed by atoms with E-state index >= 15 is 0 Å². The van der Waals surface area contributed by atoms with Gasteiger partial charge in [0.15, 0.2) is 0 Å². The second-order valence-electron chi connectivity index (χ2n) is 5.77. The molecule has 1 saturated heterocycles. The van der Waals surface area contributed by atoms with Crippen LogP contribution in [-0.2, 0) is 6.54 Å². The Bertz CT molecular complexity index is 433. The van der Waals surface area contributed by atoms with Gasteiger partial charge >= 0.3 is 0 Å². The summed E-state index contributed by atoms with van der Waals surface area (Å²) >= 11 is 0. The van der Waals surface area contributed by atoms with Gasteiger partial charge in [-0.25, -0.2) is 0 Å². The van der Waals surface area contributed by atoms with Gasteiger partial charge in [0.2, 0.25) is 0 Å². The van der Waals surface area contributed by atoms with Gasteiger partial charge in [-0.15, -0.1) is 0 Å². The van der Waals surface area contributed by atoms with Gasteiger partial charge in [0.05, 0.1) is 6.10 Å². The van der Waals surface area contributed by atoms with Crippen molar-refractivity contribution >= 4 is 5.69 Å². The van der Waals surface area contributed by atoms with Crippen LogP contribution in [0, 0.1) is 6.92 Å². The van der Waals surface area contributed by atoms with Crippen LogP contribution in [0.25, 0.3) is 0 Å². The maximum absolute atomic E-state index is 9.93. The van der Waals surface area contributed by atoms with Gasteiger partial charge in [-0.3, -0.25) is 0 Å². The van der Waals surface area contributed by atoms with Gasteiger partial charge in [0.1, 0.15) is 0 Å². The first-order chi connectivity index (χ1) is 9.01. The lowest BCUT2D eigenvalue weighted by atomic mass is 10.1. The molecule has 19 heavy (non-hydrogen) atoms. The first-order valence-corrected chi connectivity index (χ1v) is 6.90. The SMILES string of the molecule is Cc1cc(N2CC(O)CC2CN(C)C)ccc1CN. The average Bonchev–Trinajstić information content (AvgIpc) is 2.69. The zero-order valence-electron chi connectivity index (χ0n) is 12.1. The minimum absolute atomic E-state index is 0.223. The Balaban J connectivity index is 2.21. The second kappa shape index (κ2) is 5.90. The third-order valence-corrected chi connectivity index (χ3v) is 3.85. The monoisotopic (exact) mass is 263 g/mol. The maximum Gasteiger partial charge on any atom is 0.0735 e. The Labute approximate surface area is 115 Å². The number of hydrogen-bond acceptors (Lipinski definition) is 4. The number of nitrogens with two attached hydrogens (primary N) is 1. The predicted molar refractivity (Wildman–Crippen MR) is 79.4 cm³/mol. The summed E-state index contributed by atoms with van der Waals surface area (Å²) in [5.41, 5.74) is 9.32. The number of likely N-dealkylation sites (N-methyl/N-ethyl adjacent to an activating group) is 1. The first-order valence-electron chi connectivity index (χ1n) is 6.90. The molecule has 1 aliphatic rings. The van der Waals surface area contributed by atoms with E-state index in [4.69, 9.17) is 5.73 Å². The zero-order valence-corrected chi connectivity index (χ0v) is 12.1. The normalized spacial score (nSPS) is 23.4. The van der Waals surface area contributed by atoms with Crippen molar-refractivity contribution < 1.29 is 5.11 Å². The molecule has 2 unspecified atom stereocenters. The predicted octanol–water partition coefficient (Wildman–Crippen LogP) is 0.955. The van der Waals surface area contributed by atoms with E-state index in [1.165, 1.54) is 16.8 Å². The van der Waals surface area contributed by atoms with Crippen molar-refractivity contribution in [3.63, 3.8) is 0 Å². The molecule has 1 aromatic rings. The first kappa shape index (κ1) is 14.3. The van der Waals surface area contributed by atoms with E-state index in [1.807, 2.05) is 0 Å². The molecule has 4 heteroatoms. The van der Waals surface area contributed by atoms with Crippen molar-refractivity contribution in [2.75, 3.05) is 32.1 Å². The van der Waals surface area contributed by atoms with Gasteiger partial charge in [-0.2, -0.15) is 0 Å². The summed E-state index contributed by atoms with van der Waals surface area (Å²) in [6, 6.07) is 6.79. The molecule has 0 aliphatic carbocycles. The highest BCUT2D eigenvalue weighted by Crippen LogP contribution is 2.27. The molecule has 1 fully saturated rings. The third-order valence-electron chi connectivity index (χ3n) is 3.85. The number of hydrogen-bond donors (Lipinski definition) is 2. The van der Waals surface area contributed by atoms with E-state index in [0.29, 0.717) is 12.6 Å². The molecule has 2 rings (SSSR count). The molecule has 0 spiro atoms. The molecule has 1 aromatic carbocycles. The van der Waals surface area contributed by atoms with Crippen molar-refractivity contribution in [1.82, 2.24) is 4.90 Å². The van der Waals surface area contributed by atoms with Gasteiger partial charge in [0, 0.05) is 31.4 Å². The number of benzene rings is 1. The lowest BCUT2D eigenvalue weighted by Gasteiger charge is -2.29. The molecule has 0 amide bonds. The average molecular weight is 263 g/mol. The topological polar surface area (TPSA) is 52.7 Å². The number of aryl methyl sites for hydroxylation is 1. The molecule has 0 aromatic heterocycles. The molecule has 1 heterocycles. The van der Waals surface area contributed by atoms with E-state index in [2.05, 4.69) is 49.0 Å². The largest absolute Gasteiger partial charge is 0.391 e. The van der Waals surface area contributed by atoms with Gasteiger partial charge in [-0.1, -0.05) is 6.07 Å². The summed E-state index contributed by atoms with van der Waals surface area (Å²) in [6.45, 7) is 4.36. The van der Waals surface area contributed by atoms with Crippen LogP contribution in [0.1, 0.15) is 17.5 Å². The van der Waals surface area contributed by atoms with Crippen molar-refractivity contribution in [3.05, 3.63) is 29.3 Å². The minimum Gasteiger partial charge on any atom is -0.391 e. The van der Waals surface area contributed by atoms with E-state index in [9.17, 15) is 5.11 Å². The highest BCUT2D eigenvalue weighted by Gasteiger charge is 2.31. The van der Waals surface area contributed by atoms with Crippen molar-refractivity contribution in [1.29, 1.82) is 0 Å². The Morgan fingerprint density at radius 1 is 1.42 bits per heavy atom. The van der Waals surface area contributed by atoms with Gasteiger partial charge in [0.25, 0.3) is 0 Å². The van der Waals surface area contributed by atoms with E-state index in [0.717, 1.165) is 19.5 Å². The van der Waals surface area contributed by atoms with Gasteiger partial charge < -0.3 is 20.6 Å². The van der Waals surface area contributed by atoms with Gasteiger partial charge in [-0.05, 0) is 50.7 Å². The molecule has 0 bridgehead atoms. The van der Waals surface area contributed by atoms with Crippen LogP contribution in [0.15, 0.2) is 18.2 Å². The standard InChI is InChI=1S/C15H25N3O/c1-11-6-13(5-4-12(11)8-16)18-10-15(19)7-14(18)9-17(2)3/h4-6,14-15,19H,7-10,16H2,1-3H3. The molecule has 4 nitrogen and oxygen atoms in total. The number of rotatable bonds is 4. The van der Waals surface area contributed by atoms with Crippen LogP contribution in [-0.4, -0.2) is 49.3 Å². The van der Waals surface area contributed by atoms with Crippen molar-refractivity contribution in [2.24, 2.45) is 5.73 Å². The fourth-order valence-electron chi connectivity index (χ4n) is 2.89. The molecular weight excluding hydrogens is 238 g/mol. The van der Waals surface area contributed by atoms with E-state index < -0.39 is 0 Å². The van der Waals surface area contributed by atoms with E-state index in [-0.39, 0.29) is 6.10 Å². The van der Waals surface area contributed by atoms with Crippen LogP contribution >= 0.6 is 0 Å². The Hall–Kier alpha value is -1.10. The van der Waals surface area contributed by atoms with E-state index in [1.54, 1.807) is 0 Å². The summed E-state index contributed by atoms with van der Waals surface area (Å²) in [4.78, 5) is 4.49. The molecule has 106 valence electrons. The molecule has 0 radical (unpaired) electrons. The fourth-order valence-corrected chi connectivity index (χ4v) is 2.89. The van der Waals surface area contributed by atoms with Crippen LogP contribution in [0.2, 0.25) is 0 Å². The molecule has 2 atom stereocenters. The second-order valence-corrected chi connectivity index (χ2v) is 5.77. The number of anilines is 1. The molecule has 0 saturated carbocycles. The Morgan fingerprint density at radius 2 is 2.16 bits per heavy atom. The lowest BCUT2D eigenvalue weighted by molar-refractivity contribution is 0.191. The van der Waals surface area contributed by atoms with Crippen molar-refractivity contribution in [2.45, 2.75) is 32.0 Å². The molecule has 3 N–H and O–H groups in total. The smallest absolute Gasteiger partial charge is 0.0735 e. The summed E-state index contributed by atoms with van der Waals surface area (Å²) in [6.07, 6.45) is 0.620. The summed E-state index contributed by atoms with van der Waals surface area (Å²) in [7, 11) is 4.15. The number of aliphatic hydroxyl groups excluding tert-OH is 1. The highest BCUT2D eigenvalue weighted by molar-refractivity contribution is 5.53. The summed E-state index contributed by atoms with van der Waals surface area (Å²) in [5, 5.41) is 9.93. The molecule has 1 aliphatic heterocycles. The number of β-amino-alcohol motifs (C(OH)–C–C–N with tert-alkyl or cyclic N) is 1. The van der Waals surface area contributed by atoms with Crippen LogP contribution < -0.4 is 10.6 Å². The number of nitrogens with zero attached hydrogens (tertiary/aromatic N) is 2. The van der Waals surface area contributed by atoms with Crippen molar-refractivity contribution in [3.8, 4) is 0 Å². The number of aliphatic hydroxyl groups is 1. The van der Waals surface area contributed by atoms with Crippen LogP contribution in [0.4, 0.5) is 5.69 Å². The lowest BCUT2D eigenvalue weighted by Crippen LogP contribution is -2.37. The maximum atomic E-state index is 9.93.